The molecule has 1 aliphatic rings. The Kier molecular flexibility index (Phi) is 6.34. The van der Waals surface area contributed by atoms with Crippen molar-refractivity contribution in [3.63, 3.8) is 0 Å². The third kappa shape index (κ3) is 5.12. The Bertz CT molecular complexity index is 667. The predicted octanol–water partition coefficient (Wildman–Crippen LogP) is 5.16. The van der Waals surface area contributed by atoms with Crippen molar-refractivity contribution >= 4 is 0 Å². The monoisotopic (exact) mass is 344 g/mol. The summed E-state index contributed by atoms with van der Waals surface area (Å²) < 4.78 is 6.84. The quantitative estimate of drug-likeness (QED) is 0.571. The van der Waals surface area contributed by atoms with E-state index in [9.17, 15) is 5.11 Å². The highest BCUT2D eigenvalue weighted by atomic mass is 16.5. The molecule has 1 aromatic rings. The standard InChI is InChI=1S/C22H33NO2/c1-16(2)8-7-9-17(3)11-13-25-22-15-20-18(4)23(5,6)12-10-19(20)14-21(22)24/h8,11,14-15,18H,7,9-10,12-13H2,1-6H3/p+1/b17-11+. The maximum absolute atomic E-state index is 10.3. The molecule has 1 N–H and O–H groups in total. The summed E-state index contributed by atoms with van der Waals surface area (Å²) in [7, 11) is 4.53. The molecule has 3 heteroatoms. The van der Waals surface area contributed by atoms with E-state index in [0.29, 0.717) is 18.4 Å². The van der Waals surface area contributed by atoms with Crippen LogP contribution in [-0.2, 0) is 6.42 Å². The van der Waals surface area contributed by atoms with Crippen LogP contribution in [0.15, 0.2) is 35.4 Å². The van der Waals surface area contributed by atoms with Gasteiger partial charge in [0.2, 0.25) is 0 Å². The van der Waals surface area contributed by atoms with E-state index in [1.54, 1.807) is 0 Å². The Labute approximate surface area is 153 Å². The number of hydrogen-bond acceptors (Lipinski definition) is 2. The third-order valence-electron chi connectivity index (χ3n) is 5.44. The number of ether oxygens (including phenoxy) is 1. The SMILES string of the molecule is CC(C)=CCC/C(C)=C/COc1cc2c(cc1O)CC[N+](C)(C)C2C. The molecule has 1 aliphatic heterocycles. The number of aromatic hydroxyl groups is 1. The fraction of sp³-hybridized carbons (Fsp3) is 0.545. The summed E-state index contributed by atoms with van der Waals surface area (Å²) in [6.07, 6.45) is 7.49. The third-order valence-corrected chi connectivity index (χ3v) is 5.44. The van der Waals surface area contributed by atoms with Crippen LogP contribution >= 0.6 is 0 Å². The molecule has 0 aromatic heterocycles. The van der Waals surface area contributed by atoms with Crippen LogP contribution in [0.5, 0.6) is 11.5 Å². The lowest BCUT2D eigenvalue weighted by molar-refractivity contribution is -0.921. The van der Waals surface area contributed by atoms with Gasteiger partial charge in [-0.3, -0.25) is 0 Å². The van der Waals surface area contributed by atoms with Crippen molar-refractivity contribution in [1.82, 2.24) is 0 Å². The van der Waals surface area contributed by atoms with Crippen molar-refractivity contribution in [3.8, 4) is 11.5 Å². The van der Waals surface area contributed by atoms with Crippen molar-refractivity contribution in [1.29, 1.82) is 0 Å². The lowest BCUT2D eigenvalue weighted by Crippen LogP contribution is -2.46. The average Bonchev–Trinajstić information content (AvgIpc) is 2.52. The number of benzene rings is 1. The molecule has 0 amide bonds. The number of phenolic OH excluding ortho intramolecular Hbond substituents is 1. The van der Waals surface area contributed by atoms with E-state index in [1.807, 2.05) is 12.1 Å². The van der Waals surface area contributed by atoms with Crippen molar-refractivity contribution in [3.05, 3.63) is 46.6 Å². The Hall–Kier alpha value is -1.74. The van der Waals surface area contributed by atoms with E-state index >= 15 is 0 Å². The van der Waals surface area contributed by atoms with Gasteiger partial charge in [0.15, 0.2) is 11.5 Å². The Morgan fingerprint density at radius 3 is 2.64 bits per heavy atom. The first-order valence-corrected chi connectivity index (χ1v) is 9.31. The number of fused-ring (bicyclic) bond motifs is 1. The number of allylic oxidation sites excluding steroid dienone is 3. The molecule has 0 saturated carbocycles. The summed E-state index contributed by atoms with van der Waals surface area (Å²) in [5.74, 6) is 0.856. The Morgan fingerprint density at radius 1 is 1.24 bits per heavy atom. The van der Waals surface area contributed by atoms with Crippen LogP contribution in [0.4, 0.5) is 0 Å². The molecule has 138 valence electrons. The molecule has 0 saturated heterocycles. The zero-order valence-corrected chi connectivity index (χ0v) is 16.7. The van der Waals surface area contributed by atoms with Gasteiger partial charge < -0.3 is 14.3 Å². The summed E-state index contributed by atoms with van der Waals surface area (Å²) in [4.78, 5) is 0. The smallest absolute Gasteiger partial charge is 0.161 e. The van der Waals surface area contributed by atoms with Gasteiger partial charge in [0.25, 0.3) is 0 Å². The number of likely N-dealkylation sites (N-methyl/N-ethyl adjacent to an activating group) is 1. The maximum Gasteiger partial charge on any atom is 0.161 e. The molecule has 0 aliphatic carbocycles. The van der Waals surface area contributed by atoms with E-state index in [2.05, 4.69) is 53.9 Å². The first kappa shape index (κ1) is 19.6. The van der Waals surface area contributed by atoms with Gasteiger partial charge in [-0.05, 0) is 64.3 Å². The lowest BCUT2D eigenvalue weighted by Gasteiger charge is -2.41. The fourth-order valence-corrected chi connectivity index (χ4v) is 3.29. The minimum absolute atomic E-state index is 0.258. The largest absolute Gasteiger partial charge is 0.504 e. The van der Waals surface area contributed by atoms with Gasteiger partial charge in [0.1, 0.15) is 12.6 Å². The van der Waals surface area contributed by atoms with Crippen molar-refractivity contribution in [2.75, 3.05) is 27.2 Å². The van der Waals surface area contributed by atoms with Gasteiger partial charge in [0, 0.05) is 12.0 Å². The van der Waals surface area contributed by atoms with Crippen LogP contribution in [0.3, 0.4) is 0 Å². The number of nitrogens with zero attached hydrogens (tertiary/aromatic N) is 1. The van der Waals surface area contributed by atoms with Gasteiger partial charge in [-0.15, -0.1) is 0 Å². The summed E-state index contributed by atoms with van der Waals surface area (Å²) in [5, 5.41) is 10.3. The maximum atomic E-state index is 10.3. The highest BCUT2D eigenvalue weighted by molar-refractivity contribution is 5.48. The minimum atomic E-state index is 0.258. The summed E-state index contributed by atoms with van der Waals surface area (Å²) in [5.41, 5.74) is 5.23. The second-order valence-electron chi connectivity index (χ2n) is 8.13. The lowest BCUT2D eigenvalue weighted by atomic mass is 9.91. The summed E-state index contributed by atoms with van der Waals surface area (Å²) >= 11 is 0. The zero-order valence-electron chi connectivity index (χ0n) is 16.7. The van der Waals surface area contributed by atoms with E-state index in [1.165, 1.54) is 22.3 Å². The van der Waals surface area contributed by atoms with Gasteiger partial charge >= 0.3 is 0 Å². The van der Waals surface area contributed by atoms with Gasteiger partial charge in [-0.25, -0.2) is 0 Å². The molecule has 3 nitrogen and oxygen atoms in total. The second kappa shape index (κ2) is 8.09. The topological polar surface area (TPSA) is 29.5 Å². The number of phenols is 1. The minimum Gasteiger partial charge on any atom is -0.504 e. The molecule has 1 atom stereocenters. The molecule has 0 spiro atoms. The Morgan fingerprint density at radius 2 is 1.96 bits per heavy atom. The number of hydrogen-bond donors (Lipinski definition) is 1. The van der Waals surface area contributed by atoms with Crippen molar-refractivity contribution < 1.29 is 14.3 Å². The van der Waals surface area contributed by atoms with Gasteiger partial charge in [0.05, 0.1) is 20.6 Å². The Balaban J connectivity index is 2.03. The highest BCUT2D eigenvalue weighted by Gasteiger charge is 2.33. The second-order valence-corrected chi connectivity index (χ2v) is 8.13. The molecule has 2 rings (SSSR count). The number of quaternary nitrogens is 1. The molecule has 0 fully saturated rings. The van der Waals surface area contributed by atoms with Crippen LogP contribution < -0.4 is 4.74 Å². The highest BCUT2D eigenvalue weighted by Crippen LogP contribution is 2.39. The number of rotatable bonds is 6. The molecule has 1 heterocycles. The fourth-order valence-electron chi connectivity index (χ4n) is 3.29. The van der Waals surface area contributed by atoms with Crippen molar-refractivity contribution in [2.24, 2.45) is 0 Å². The molecule has 1 aromatic carbocycles. The molecule has 1 unspecified atom stereocenters. The van der Waals surface area contributed by atoms with E-state index in [4.69, 9.17) is 4.74 Å². The molecule has 0 radical (unpaired) electrons. The summed E-state index contributed by atoms with van der Waals surface area (Å²) in [6, 6.07) is 4.35. The van der Waals surface area contributed by atoms with Crippen LogP contribution in [0.2, 0.25) is 0 Å². The first-order valence-electron chi connectivity index (χ1n) is 9.31. The predicted molar refractivity (Wildman–Crippen MR) is 105 cm³/mol. The van der Waals surface area contributed by atoms with Crippen LogP contribution in [0.1, 0.15) is 57.7 Å². The van der Waals surface area contributed by atoms with Crippen LogP contribution in [-0.4, -0.2) is 36.8 Å². The van der Waals surface area contributed by atoms with Crippen LogP contribution in [0.25, 0.3) is 0 Å². The van der Waals surface area contributed by atoms with Crippen molar-refractivity contribution in [2.45, 2.75) is 53.0 Å². The normalized spacial score (nSPS) is 19.3. The molecule has 0 bridgehead atoms. The molecular formula is C22H34NO2+. The van der Waals surface area contributed by atoms with E-state index in [-0.39, 0.29) is 5.75 Å². The van der Waals surface area contributed by atoms with Gasteiger partial charge in [-0.2, -0.15) is 0 Å². The average molecular weight is 345 g/mol. The molecule has 25 heavy (non-hydrogen) atoms. The van der Waals surface area contributed by atoms with Gasteiger partial charge in [-0.1, -0.05) is 17.2 Å². The summed E-state index contributed by atoms with van der Waals surface area (Å²) in [6.45, 7) is 10.2. The van der Waals surface area contributed by atoms with Crippen LogP contribution in [0, 0.1) is 0 Å². The first-order chi connectivity index (χ1) is 11.7. The van der Waals surface area contributed by atoms with E-state index in [0.717, 1.165) is 30.3 Å². The molecular weight excluding hydrogens is 310 g/mol. The zero-order chi connectivity index (χ0) is 18.6. The van der Waals surface area contributed by atoms with E-state index < -0.39 is 0 Å².